The molecule has 342 valence electrons. The lowest BCUT2D eigenvalue weighted by molar-refractivity contribution is 0.102. The van der Waals surface area contributed by atoms with Gasteiger partial charge in [-0.3, -0.25) is 4.79 Å². The molecule has 9 nitrogen and oxygen atoms in total. The van der Waals surface area contributed by atoms with Crippen LogP contribution in [0.3, 0.4) is 0 Å². The summed E-state index contributed by atoms with van der Waals surface area (Å²) in [5.41, 5.74) is 18.5. The Balaban J connectivity index is 0.994. The maximum absolute atomic E-state index is 14.2. The lowest BCUT2D eigenvalue weighted by atomic mass is 10.0. The van der Waals surface area contributed by atoms with Crippen LogP contribution in [-0.2, 0) is 5.75 Å². The minimum atomic E-state index is -0.413. The molecular formula is C62H42N8OS. The van der Waals surface area contributed by atoms with Gasteiger partial charge in [0.1, 0.15) is 0 Å². The zero-order valence-electron chi connectivity index (χ0n) is 38.6. The second-order valence-electron chi connectivity index (χ2n) is 17.3. The standard InChI is InChI=1S/C62H42N8OS/c71-62(57-38-70(69-68-57)46-28-26-41(27-29-46)21-20-40-22-24-42(39-72)25-23-40)67-48-19-11-10-18-47(48)61-55-36-34-53(65-55)59(44-14-6-2-7-15-44)51-32-30-49(63-51)58(43-12-4-1-5-13-43)50-31-33-52(64-50)60(45-16-8-3-9-17-45)54-35-37-56(61)66-54/h1-19,22-38,63,66,72H,39H2,(H,67,71). The number of carbonyl (C=O) groups is 1. The summed E-state index contributed by atoms with van der Waals surface area (Å²) >= 11 is 4.34. The van der Waals surface area contributed by atoms with E-state index in [1.165, 1.54) is 0 Å². The molecule has 2 aliphatic rings. The van der Waals surface area contributed by atoms with Crippen LogP contribution in [0.15, 0.2) is 194 Å². The van der Waals surface area contributed by atoms with Gasteiger partial charge in [0.2, 0.25) is 0 Å². The van der Waals surface area contributed by atoms with Gasteiger partial charge >= 0.3 is 0 Å². The van der Waals surface area contributed by atoms with Crippen LogP contribution in [0.2, 0.25) is 0 Å². The van der Waals surface area contributed by atoms with E-state index in [0.29, 0.717) is 17.1 Å². The fourth-order valence-electron chi connectivity index (χ4n) is 9.24. The summed E-state index contributed by atoms with van der Waals surface area (Å²) in [6.07, 6.45) is 9.93. The number of carbonyl (C=O) groups excluding carboxylic acids is 1. The SMILES string of the molecule is O=C(Nc1ccccc1-c1c2nc(c(-c3ccccc3)c3ccc([nH]3)c(-c3ccccc3)c3nc(c(-c4ccccc4)c4ccc1[nH]4)C=C3)C=C2)c1cn(-c2ccc(C#Cc3ccc(CS)cc3)cc2)nn1. The Bertz CT molecular complexity index is 3950. The lowest BCUT2D eigenvalue weighted by Crippen LogP contribution is -2.13. The lowest BCUT2D eigenvalue weighted by Gasteiger charge is -2.12. The first-order chi connectivity index (χ1) is 35.5. The number of anilines is 1. The summed E-state index contributed by atoms with van der Waals surface area (Å²) in [5.74, 6) is 6.71. The number of thiol groups is 1. The molecular weight excluding hydrogens is 905 g/mol. The van der Waals surface area contributed by atoms with E-state index in [2.05, 4.69) is 141 Å². The van der Waals surface area contributed by atoms with Crippen LogP contribution in [0.4, 0.5) is 5.69 Å². The highest BCUT2D eigenvalue weighted by atomic mass is 32.1. The largest absolute Gasteiger partial charge is 0.354 e. The van der Waals surface area contributed by atoms with Crippen molar-refractivity contribution in [2.75, 3.05) is 5.32 Å². The van der Waals surface area contributed by atoms with Gasteiger partial charge in [-0.15, -0.1) is 5.10 Å². The highest BCUT2D eigenvalue weighted by molar-refractivity contribution is 7.79. The molecule has 4 aromatic heterocycles. The normalized spacial score (nSPS) is 11.6. The summed E-state index contributed by atoms with van der Waals surface area (Å²) in [5, 5.41) is 11.8. The molecule has 0 fully saturated rings. The molecule has 10 aromatic rings. The predicted molar refractivity (Wildman–Crippen MR) is 295 cm³/mol. The first kappa shape index (κ1) is 43.7. The molecule has 0 atom stereocenters. The first-order valence-corrected chi connectivity index (χ1v) is 24.1. The first-order valence-electron chi connectivity index (χ1n) is 23.5. The van der Waals surface area contributed by atoms with Gasteiger partial charge in [-0.1, -0.05) is 138 Å². The van der Waals surface area contributed by atoms with E-state index in [1.807, 2.05) is 121 Å². The third-order valence-electron chi connectivity index (χ3n) is 12.7. The number of nitrogens with one attached hydrogen (secondary N) is 3. The number of amides is 1. The molecule has 12 rings (SSSR count). The summed E-state index contributed by atoms with van der Waals surface area (Å²) in [6.45, 7) is 0. The Morgan fingerprint density at radius 3 is 1.42 bits per heavy atom. The fraction of sp³-hybridized carbons (Fsp3) is 0.0161. The van der Waals surface area contributed by atoms with E-state index in [-0.39, 0.29) is 5.69 Å². The number of fused-ring (bicyclic) bond motifs is 8. The quantitative estimate of drug-likeness (QED) is 0.0894. The van der Waals surface area contributed by atoms with Gasteiger partial charge in [-0.05, 0) is 113 Å². The topological polar surface area (TPSA) is 117 Å². The third-order valence-corrected chi connectivity index (χ3v) is 13.1. The van der Waals surface area contributed by atoms with Crippen LogP contribution >= 0.6 is 12.6 Å². The highest BCUT2D eigenvalue weighted by Crippen LogP contribution is 2.40. The Labute approximate surface area is 420 Å². The Morgan fingerprint density at radius 1 is 0.500 bits per heavy atom. The number of hydrogen-bond donors (Lipinski definition) is 4. The molecule has 0 aliphatic carbocycles. The molecule has 10 heteroatoms. The summed E-state index contributed by atoms with van der Waals surface area (Å²) in [6, 6.07) is 62.9. The molecule has 0 unspecified atom stereocenters. The van der Waals surface area contributed by atoms with E-state index >= 15 is 0 Å². The number of rotatable bonds is 8. The molecule has 8 bridgehead atoms. The maximum atomic E-state index is 14.2. The predicted octanol–water partition coefficient (Wildman–Crippen LogP) is 14.0. The Morgan fingerprint density at radius 2 is 0.931 bits per heavy atom. The zero-order valence-corrected chi connectivity index (χ0v) is 39.5. The van der Waals surface area contributed by atoms with Gasteiger partial charge in [-0.2, -0.15) is 12.6 Å². The molecule has 72 heavy (non-hydrogen) atoms. The average Bonchev–Trinajstić information content (AvgIpc) is 4.31. The van der Waals surface area contributed by atoms with Gasteiger partial charge < -0.3 is 15.3 Å². The van der Waals surface area contributed by atoms with Crippen molar-refractivity contribution in [1.82, 2.24) is 34.9 Å². The van der Waals surface area contributed by atoms with E-state index in [0.717, 1.165) is 106 Å². The number of benzene rings is 6. The van der Waals surface area contributed by atoms with Crippen LogP contribution in [0.5, 0.6) is 0 Å². The zero-order chi connectivity index (χ0) is 48.4. The maximum Gasteiger partial charge on any atom is 0.277 e. The summed E-state index contributed by atoms with van der Waals surface area (Å²) in [4.78, 5) is 32.7. The van der Waals surface area contributed by atoms with Crippen molar-refractivity contribution in [3.63, 3.8) is 0 Å². The second kappa shape index (κ2) is 19.1. The van der Waals surface area contributed by atoms with E-state index in [9.17, 15) is 4.79 Å². The second-order valence-corrected chi connectivity index (χ2v) is 17.6. The van der Waals surface area contributed by atoms with Gasteiger partial charge in [0.05, 0.1) is 34.7 Å². The Hall–Kier alpha value is -9.56. The average molecular weight is 947 g/mol. The van der Waals surface area contributed by atoms with E-state index < -0.39 is 5.91 Å². The van der Waals surface area contributed by atoms with Crippen molar-refractivity contribution in [3.05, 3.63) is 239 Å². The van der Waals surface area contributed by atoms with Crippen molar-refractivity contribution in [2.45, 2.75) is 5.75 Å². The van der Waals surface area contributed by atoms with E-state index in [4.69, 9.17) is 9.97 Å². The van der Waals surface area contributed by atoms with Crippen molar-refractivity contribution in [3.8, 4) is 62.0 Å². The van der Waals surface area contributed by atoms with Crippen molar-refractivity contribution < 1.29 is 4.79 Å². The number of aromatic nitrogens is 7. The van der Waals surface area contributed by atoms with Crippen molar-refractivity contribution in [2.24, 2.45) is 0 Å². The van der Waals surface area contributed by atoms with Crippen LogP contribution in [0.1, 0.15) is 50.0 Å². The molecule has 0 saturated carbocycles. The minimum absolute atomic E-state index is 0.154. The smallest absolute Gasteiger partial charge is 0.277 e. The summed E-state index contributed by atoms with van der Waals surface area (Å²) < 4.78 is 1.58. The molecule has 6 aromatic carbocycles. The van der Waals surface area contributed by atoms with Crippen molar-refractivity contribution >= 4 is 70.6 Å². The monoisotopic (exact) mass is 946 g/mol. The third kappa shape index (κ3) is 8.61. The fourth-order valence-corrected chi connectivity index (χ4v) is 9.45. The van der Waals surface area contributed by atoms with Crippen LogP contribution in [-0.4, -0.2) is 40.8 Å². The van der Waals surface area contributed by atoms with Crippen LogP contribution in [0.25, 0.3) is 96.6 Å². The number of aromatic amines is 2. The van der Waals surface area contributed by atoms with Crippen LogP contribution in [0, 0.1) is 11.8 Å². The van der Waals surface area contributed by atoms with Gasteiger partial charge in [0.15, 0.2) is 5.69 Å². The molecule has 6 heterocycles. The van der Waals surface area contributed by atoms with Crippen LogP contribution < -0.4 is 5.32 Å². The molecule has 0 spiro atoms. The molecule has 0 saturated heterocycles. The minimum Gasteiger partial charge on any atom is -0.354 e. The number of H-pyrrole nitrogens is 2. The van der Waals surface area contributed by atoms with Gasteiger partial charge in [0.25, 0.3) is 5.91 Å². The van der Waals surface area contributed by atoms with E-state index in [1.54, 1.807) is 10.9 Å². The molecule has 0 radical (unpaired) electrons. The molecule has 1 amide bonds. The number of nitrogens with zero attached hydrogens (tertiary/aromatic N) is 5. The van der Waals surface area contributed by atoms with Gasteiger partial charge in [0, 0.05) is 72.5 Å². The molecule has 3 N–H and O–H groups in total. The Kier molecular flexibility index (Phi) is 11.6. The molecule has 2 aliphatic heterocycles. The number of para-hydroxylation sites is 1. The van der Waals surface area contributed by atoms with Crippen molar-refractivity contribution in [1.29, 1.82) is 0 Å². The summed E-state index contributed by atoms with van der Waals surface area (Å²) in [7, 11) is 0. The highest BCUT2D eigenvalue weighted by Gasteiger charge is 2.21. The number of hydrogen-bond acceptors (Lipinski definition) is 6. The van der Waals surface area contributed by atoms with Gasteiger partial charge in [-0.25, -0.2) is 14.6 Å².